The lowest BCUT2D eigenvalue weighted by atomic mass is 9.80. The second-order valence-electron chi connectivity index (χ2n) is 6.44. The molecule has 2 aliphatic heterocycles. The van der Waals surface area contributed by atoms with E-state index < -0.39 is 23.1 Å². The third kappa shape index (κ3) is 2.45. The highest BCUT2D eigenvalue weighted by Crippen LogP contribution is 2.47. The number of hydrogen-bond acceptors (Lipinski definition) is 6. The molecule has 1 aromatic heterocycles. The molecule has 1 radical (unpaired) electrons. The Kier molecular flexibility index (Phi) is 4.23. The van der Waals surface area contributed by atoms with E-state index in [0.29, 0.717) is 33.5 Å². The van der Waals surface area contributed by atoms with Gasteiger partial charge in [-0.25, -0.2) is 5.32 Å². The van der Waals surface area contributed by atoms with E-state index in [4.69, 9.17) is 21.1 Å². The predicted molar refractivity (Wildman–Crippen MR) is 97.4 cm³/mol. The molecular formula is C19H15ClN3O5. The van der Waals surface area contributed by atoms with Crippen LogP contribution in [0.1, 0.15) is 17.7 Å². The average Bonchev–Trinajstić information content (AvgIpc) is 3.10. The molecule has 0 bridgehead atoms. The second-order valence-corrected chi connectivity index (χ2v) is 6.88. The number of likely N-dealkylation sites (tertiary alicyclic amines) is 1. The van der Waals surface area contributed by atoms with Gasteiger partial charge in [-0.15, -0.1) is 0 Å². The van der Waals surface area contributed by atoms with E-state index in [1.807, 2.05) is 0 Å². The van der Waals surface area contributed by atoms with E-state index in [-0.39, 0.29) is 13.0 Å². The number of benzene rings is 1. The van der Waals surface area contributed by atoms with Gasteiger partial charge in [0.15, 0.2) is 16.9 Å². The minimum absolute atomic E-state index is 0.150. The highest BCUT2D eigenvalue weighted by Gasteiger charge is 2.62. The van der Waals surface area contributed by atoms with Gasteiger partial charge in [-0.1, -0.05) is 11.6 Å². The zero-order valence-corrected chi connectivity index (χ0v) is 15.8. The zero-order chi connectivity index (χ0) is 20.1. The molecule has 28 heavy (non-hydrogen) atoms. The molecule has 1 aromatic carbocycles. The fraction of sp³-hybridized carbons (Fsp3) is 0.263. The molecular weight excluding hydrogens is 386 g/mol. The van der Waals surface area contributed by atoms with Crippen molar-refractivity contribution in [2.45, 2.75) is 18.4 Å². The van der Waals surface area contributed by atoms with Gasteiger partial charge in [0, 0.05) is 22.8 Å². The van der Waals surface area contributed by atoms with Crippen molar-refractivity contribution in [3.63, 3.8) is 0 Å². The Labute approximate surface area is 165 Å². The molecule has 2 aliphatic rings. The van der Waals surface area contributed by atoms with Crippen LogP contribution >= 0.6 is 11.6 Å². The average molecular weight is 401 g/mol. The van der Waals surface area contributed by atoms with Crippen LogP contribution in [0, 0.1) is 0 Å². The first-order valence-corrected chi connectivity index (χ1v) is 8.77. The topological polar surface area (TPSA) is 99.9 Å². The van der Waals surface area contributed by atoms with Gasteiger partial charge in [-0.2, -0.15) is 0 Å². The molecule has 143 valence electrons. The third-order valence-corrected chi connectivity index (χ3v) is 5.24. The maximum Gasteiger partial charge on any atom is 0.267 e. The number of carbonyl (C=O) groups excluding carboxylic acids is 3. The lowest BCUT2D eigenvalue weighted by molar-refractivity contribution is -0.142. The summed E-state index contributed by atoms with van der Waals surface area (Å²) in [5.74, 6) is -1.05. The number of amides is 3. The first kappa shape index (κ1) is 18.2. The van der Waals surface area contributed by atoms with Gasteiger partial charge in [0.25, 0.3) is 5.91 Å². The van der Waals surface area contributed by atoms with Crippen molar-refractivity contribution in [3.05, 3.63) is 46.7 Å². The Hall–Kier alpha value is -3.13. The van der Waals surface area contributed by atoms with Crippen LogP contribution < -0.4 is 14.8 Å². The van der Waals surface area contributed by atoms with Gasteiger partial charge in [0.05, 0.1) is 32.9 Å². The number of hydrogen-bond donors (Lipinski definition) is 0. The fourth-order valence-corrected chi connectivity index (χ4v) is 3.83. The van der Waals surface area contributed by atoms with Crippen LogP contribution in [0.5, 0.6) is 11.5 Å². The normalized spacial score (nSPS) is 20.5. The van der Waals surface area contributed by atoms with Crippen molar-refractivity contribution < 1.29 is 23.9 Å². The summed E-state index contributed by atoms with van der Waals surface area (Å²) in [5.41, 5.74) is -0.608. The van der Waals surface area contributed by atoms with Gasteiger partial charge in [-0.05, 0) is 18.2 Å². The Morgan fingerprint density at radius 1 is 1.18 bits per heavy atom. The van der Waals surface area contributed by atoms with Gasteiger partial charge in [0.2, 0.25) is 11.8 Å². The zero-order valence-electron chi connectivity index (χ0n) is 15.1. The molecule has 3 amide bonds. The molecule has 3 heterocycles. The molecule has 1 saturated heterocycles. The molecule has 4 rings (SSSR count). The predicted octanol–water partition coefficient (Wildman–Crippen LogP) is 1.73. The quantitative estimate of drug-likeness (QED) is 0.572. The molecule has 2 aromatic rings. The number of ether oxygens (including phenoxy) is 2. The Morgan fingerprint density at radius 3 is 2.68 bits per heavy atom. The van der Waals surface area contributed by atoms with Crippen molar-refractivity contribution in [1.82, 2.24) is 15.2 Å². The molecule has 8 nitrogen and oxygen atoms in total. The number of aromatic nitrogens is 1. The fourth-order valence-electron chi connectivity index (χ4n) is 3.66. The van der Waals surface area contributed by atoms with E-state index in [1.54, 1.807) is 18.2 Å². The summed E-state index contributed by atoms with van der Waals surface area (Å²) >= 11 is 6.05. The highest BCUT2D eigenvalue weighted by molar-refractivity contribution is 6.31. The molecule has 1 fully saturated rings. The van der Waals surface area contributed by atoms with Crippen molar-refractivity contribution >= 4 is 35.0 Å². The van der Waals surface area contributed by atoms with Crippen LogP contribution in [-0.2, 0) is 26.3 Å². The van der Waals surface area contributed by atoms with E-state index >= 15 is 0 Å². The Balaban J connectivity index is 1.74. The van der Waals surface area contributed by atoms with E-state index in [1.165, 1.54) is 26.5 Å². The molecule has 0 N–H and O–H groups in total. The number of carbonyl (C=O) groups is 3. The van der Waals surface area contributed by atoms with Crippen LogP contribution in [-0.4, -0.2) is 41.8 Å². The summed E-state index contributed by atoms with van der Waals surface area (Å²) in [4.78, 5) is 43.9. The summed E-state index contributed by atoms with van der Waals surface area (Å²) in [6.45, 7) is -0.150. The second kappa shape index (κ2) is 6.49. The molecule has 9 heteroatoms. The SMILES string of the molecule is COc1ccnc(CN2C(=O)CC3(C(=O)[N]c4ccc(Cl)cc43)C2=O)c1OC. The number of methoxy groups -OCH3 is 2. The van der Waals surface area contributed by atoms with Crippen LogP contribution in [0.3, 0.4) is 0 Å². The number of rotatable bonds is 4. The van der Waals surface area contributed by atoms with E-state index in [9.17, 15) is 14.4 Å². The van der Waals surface area contributed by atoms with Crippen LogP contribution in [0.4, 0.5) is 5.69 Å². The smallest absolute Gasteiger partial charge is 0.267 e. The first-order chi connectivity index (χ1) is 13.4. The van der Waals surface area contributed by atoms with Gasteiger partial charge in [-0.3, -0.25) is 24.3 Å². The Bertz CT molecular complexity index is 1020. The lowest BCUT2D eigenvalue weighted by Gasteiger charge is -2.20. The van der Waals surface area contributed by atoms with E-state index in [2.05, 4.69) is 10.3 Å². The monoisotopic (exact) mass is 400 g/mol. The summed E-state index contributed by atoms with van der Waals surface area (Å²) in [6.07, 6.45) is 1.19. The standard InChI is InChI=1S/C19H15ClN3O5/c1-27-14-5-6-21-13(16(14)28-2)9-23-15(24)8-19(18(23)26)11-7-10(20)3-4-12(11)22-17(19)25/h3-7H,8-9H2,1-2H3. The van der Waals surface area contributed by atoms with Crippen molar-refractivity contribution in [1.29, 1.82) is 0 Å². The van der Waals surface area contributed by atoms with Gasteiger partial charge in [0.1, 0.15) is 5.69 Å². The van der Waals surface area contributed by atoms with Crippen LogP contribution in [0.25, 0.3) is 0 Å². The number of fused-ring (bicyclic) bond motifs is 2. The van der Waals surface area contributed by atoms with Crippen LogP contribution in [0.15, 0.2) is 30.5 Å². The Morgan fingerprint density at radius 2 is 1.96 bits per heavy atom. The number of imide groups is 1. The summed E-state index contributed by atoms with van der Waals surface area (Å²) in [6, 6.07) is 6.27. The van der Waals surface area contributed by atoms with Crippen molar-refractivity contribution in [3.8, 4) is 11.5 Å². The number of pyridine rings is 1. The molecule has 1 unspecified atom stereocenters. The summed E-state index contributed by atoms with van der Waals surface area (Å²) in [7, 11) is 2.91. The molecule has 0 aliphatic carbocycles. The van der Waals surface area contributed by atoms with Crippen molar-refractivity contribution in [2.24, 2.45) is 0 Å². The molecule has 1 atom stereocenters. The van der Waals surface area contributed by atoms with Crippen molar-refractivity contribution in [2.75, 3.05) is 14.2 Å². The summed E-state index contributed by atoms with van der Waals surface area (Å²) < 4.78 is 10.5. The third-order valence-electron chi connectivity index (χ3n) is 5.01. The van der Waals surface area contributed by atoms with Crippen LogP contribution in [0.2, 0.25) is 5.02 Å². The van der Waals surface area contributed by atoms with Gasteiger partial charge >= 0.3 is 0 Å². The minimum Gasteiger partial charge on any atom is -0.493 e. The van der Waals surface area contributed by atoms with Gasteiger partial charge < -0.3 is 9.47 Å². The first-order valence-electron chi connectivity index (χ1n) is 8.39. The largest absolute Gasteiger partial charge is 0.493 e. The maximum atomic E-state index is 13.3. The molecule has 0 saturated carbocycles. The summed E-state index contributed by atoms with van der Waals surface area (Å²) in [5, 5.41) is 4.32. The lowest BCUT2D eigenvalue weighted by Crippen LogP contribution is -2.43. The minimum atomic E-state index is -1.66. The molecule has 1 spiro atoms. The number of nitrogens with zero attached hydrogens (tertiary/aromatic N) is 3. The highest BCUT2D eigenvalue weighted by atomic mass is 35.5. The maximum absolute atomic E-state index is 13.3. The number of halogens is 1. The van der Waals surface area contributed by atoms with E-state index in [0.717, 1.165) is 4.90 Å².